The summed E-state index contributed by atoms with van der Waals surface area (Å²) in [4.78, 5) is 13.5. The lowest BCUT2D eigenvalue weighted by Crippen LogP contribution is -2.46. The molecule has 1 fully saturated rings. The van der Waals surface area contributed by atoms with Gasteiger partial charge in [-0.3, -0.25) is 4.79 Å². The van der Waals surface area contributed by atoms with E-state index in [4.69, 9.17) is 0 Å². The van der Waals surface area contributed by atoms with Crippen LogP contribution >= 0.6 is 0 Å². The first-order valence-corrected chi connectivity index (χ1v) is 7.11. The lowest BCUT2D eigenvalue weighted by Gasteiger charge is -2.38. The van der Waals surface area contributed by atoms with E-state index in [2.05, 4.69) is 31.1 Å². The van der Waals surface area contributed by atoms with Crippen molar-refractivity contribution >= 4 is 5.97 Å². The molecule has 0 aromatic rings. The lowest BCUT2D eigenvalue weighted by atomic mass is 9.80. The SMILES string of the molecule is CCCCC(NCC1(C)CCN(C)CC1)C(=O)O. The summed E-state index contributed by atoms with van der Waals surface area (Å²) in [7, 11) is 2.15. The van der Waals surface area contributed by atoms with Gasteiger partial charge in [-0.05, 0) is 44.8 Å². The van der Waals surface area contributed by atoms with Crippen molar-refractivity contribution in [2.45, 2.75) is 52.0 Å². The Kier molecular flexibility index (Phi) is 6.09. The molecule has 1 rings (SSSR count). The third kappa shape index (κ3) is 4.94. The number of nitrogens with zero attached hydrogens (tertiary/aromatic N) is 1. The van der Waals surface area contributed by atoms with Crippen LogP contribution < -0.4 is 5.32 Å². The first-order chi connectivity index (χ1) is 8.47. The molecule has 1 unspecified atom stereocenters. The molecule has 1 saturated heterocycles. The van der Waals surface area contributed by atoms with E-state index in [1.54, 1.807) is 0 Å². The van der Waals surface area contributed by atoms with Crippen molar-refractivity contribution in [3.63, 3.8) is 0 Å². The fourth-order valence-electron chi connectivity index (χ4n) is 2.43. The van der Waals surface area contributed by atoms with Crippen molar-refractivity contribution in [3.05, 3.63) is 0 Å². The number of unbranched alkanes of at least 4 members (excludes halogenated alkanes) is 1. The zero-order chi connectivity index (χ0) is 13.6. The van der Waals surface area contributed by atoms with Gasteiger partial charge in [0, 0.05) is 6.54 Å². The van der Waals surface area contributed by atoms with Crippen LogP contribution in [0, 0.1) is 5.41 Å². The second-order valence-electron chi connectivity index (χ2n) is 6.03. The summed E-state index contributed by atoms with van der Waals surface area (Å²) < 4.78 is 0. The molecule has 0 spiro atoms. The second-order valence-corrected chi connectivity index (χ2v) is 6.03. The maximum atomic E-state index is 11.2. The van der Waals surface area contributed by atoms with Crippen LogP contribution in [0.5, 0.6) is 0 Å². The van der Waals surface area contributed by atoms with Gasteiger partial charge in [0.25, 0.3) is 0 Å². The molecule has 18 heavy (non-hydrogen) atoms. The van der Waals surface area contributed by atoms with Gasteiger partial charge in [-0.2, -0.15) is 0 Å². The number of carboxylic acids is 1. The highest BCUT2D eigenvalue weighted by molar-refractivity contribution is 5.73. The highest BCUT2D eigenvalue weighted by Gasteiger charge is 2.30. The Bertz CT molecular complexity index is 261. The number of likely N-dealkylation sites (tertiary alicyclic amines) is 1. The third-order valence-corrected chi connectivity index (χ3v) is 4.11. The second kappa shape index (κ2) is 7.10. The molecule has 2 N–H and O–H groups in total. The fraction of sp³-hybridized carbons (Fsp3) is 0.929. The minimum atomic E-state index is -0.708. The van der Waals surface area contributed by atoms with E-state index >= 15 is 0 Å². The Labute approximate surface area is 111 Å². The number of hydrogen-bond acceptors (Lipinski definition) is 3. The molecule has 1 atom stereocenters. The number of carboxylic acid groups (broad SMARTS) is 1. The Hall–Kier alpha value is -0.610. The van der Waals surface area contributed by atoms with E-state index in [1.807, 2.05) is 0 Å². The van der Waals surface area contributed by atoms with Crippen molar-refractivity contribution in [1.82, 2.24) is 10.2 Å². The van der Waals surface area contributed by atoms with Crippen molar-refractivity contribution in [3.8, 4) is 0 Å². The normalized spacial score (nSPS) is 21.7. The minimum absolute atomic E-state index is 0.256. The quantitative estimate of drug-likeness (QED) is 0.731. The van der Waals surface area contributed by atoms with Crippen molar-refractivity contribution < 1.29 is 9.90 Å². The number of rotatable bonds is 7. The summed E-state index contributed by atoms with van der Waals surface area (Å²) in [6.45, 7) is 7.42. The van der Waals surface area contributed by atoms with E-state index in [1.165, 1.54) is 0 Å². The summed E-state index contributed by atoms with van der Waals surface area (Å²) in [6, 6.07) is -0.374. The summed E-state index contributed by atoms with van der Waals surface area (Å²) in [6.07, 6.45) is 5.06. The fourth-order valence-corrected chi connectivity index (χ4v) is 2.43. The Balaban J connectivity index is 2.38. The van der Waals surface area contributed by atoms with Crippen molar-refractivity contribution in [2.75, 3.05) is 26.7 Å². The molecule has 4 heteroatoms. The Morgan fingerprint density at radius 3 is 2.56 bits per heavy atom. The zero-order valence-electron chi connectivity index (χ0n) is 12.0. The zero-order valence-corrected chi connectivity index (χ0v) is 12.0. The largest absolute Gasteiger partial charge is 0.480 e. The number of nitrogens with one attached hydrogen (secondary N) is 1. The van der Waals surface area contributed by atoms with E-state index in [0.717, 1.165) is 51.7 Å². The molecular weight excluding hydrogens is 228 g/mol. The van der Waals surface area contributed by atoms with Gasteiger partial charge in [0.1, 0.15) is 6.04 Å². The first-order valence-electron chi connectivity index (χ1n) is 7.11. The monoisotopic (exact) mass is 256 g/mol. The summed E-state index contributed by atoms with van der Waals surface area (Å²) >= 11 is 0. The van der Waals surface area contributed by atoms with Crippen molar-refractivity contribution in [2.24, 2.45) is 5.41 Å². The molecule has 0 radical (unpaired) electrons. The maximum Gasteiger partial charge on any atom is 0.320 e. The molecule has 0 aliphatic carbocycles. The first kappa shape index (κ1) is 15.4. The number of hydrogen-bond donors (Lipinski definition) is 2. The summed E-state index contributed by atoms with van der Waals surface area (Å²) in [5.74, 6) is -0.708. The highest BCUT2D eigenvalue weighted by Crippen LogP contribution is 2.29. The molecule has 1 aliphatic heterocycles. The molecule has 0 aromatic heterocycles. The van der Waals surface area contributed by atoms with E-state index < -0.39 is 5.97 Å². The molecule has 1 heterocycles. The molecule has 0 saturated carbocycles. The highest BCUT2D eigenvalue weighted by atomic mass is 16.4. The molecule has 0 amide bonds. The Morgan fingerprint density at radius 1 is 1.44 bits per heavy atom. The van der Waals surface area contributed by atoms with Crippen LogP contribution in [0.3, 0.4) is 0 Å². The predicted molar refractivity (Wildman–Crippen MR) is 73.8 cm³/mol. The summed E-state index contributed by atoms with van der Waals surface area (Å²) in [5.41, 5.74) is 0.256. The van der Waals surface area contributed by atoms with Crippen molar-refractivity contribution in [1.29, 1.82) is 0 Å². The van der Waals surface area contributed by atoms with Crippen LogP contribution in [0.2, 0.25) is 0 Å². The topological polar surface area (TPSA) is 52.6 Å². The average Bonchev–Trinajstić information content (AvgIpc) is 2.33. The van der Waals surface area contributed by atoms with Crippen LogP contribution in [-0.2, 0) is 4.79 Å². The smallest absolute Gasteiger partial charge is 0.320 e. The van der Waals surface area contributed by atoms with Gasteiger partial charge < -0.3 is 15.3 Å². The van der Waals surface area contributed by atoms with Crippen LogP contribution in [-0.4, -0.2) is 48.7 Å². The number of aliphatic carboxylic acids is 1. The van der Waals surface area contributed by atoms with Gasteiger partial charge in [0.05, 0.1) is 0 Å². The minimum Gasteiger partial charge on any atom is -0.480 e. The van der Waals surface area contributed by atoms with E-state index in [-0.39, 0.29) is 11.5 Å². The lowest BCUT2D eigenvalue weighted by molar-refractivity contribution is -0.139. The standard InChI is InChI=1S/C14H28N2O2/c1-4-5-6-12(13(17)18)15-11-14(2)7-9-16(3)10-8-14/h12,15H,4-11H2,1-3H3,(H,17,18). The van der Waals surface area contributed by atoms with Crippen LogP contribution in [0.25, 0.3) is 0 Å². The molecule has 4 nitrogen and oxygen atoms in total. The Morgan fingerprint density at radius 2 is 2.06 bits per heavy atom. The average molecular weight is 256 g/mol. The third-order valence-electron chi connectivity index (χ3n) is 4.11. The summed E-state index contributed by atoms with van der Waals surface area (Å²) in [5, 5.41) is 12.4. The van der Waals surface area contributed by atoms with Gasteiger partial charge in [0.15, 0.2) is 0 Å². The number of carbonyl (C=O) groups is 1. The molecular formula is C14H28N2O2. The molecule has 0 aromatic carbocycles. The van der Waals surface area contributed by atoms with Gasteiger partial charge in [-0.15, -0.1) is 0 Å². The number of piperidine rings is 1. The van der Waals surface area contributed by atoms with Gasteiger partial charge in [-0.25, -0.2) is 0 Å². The molecule has 1 aliphatic rings. The van der Waals surface area contributed by atoms with Gasteiger partial charge >= 0.3 is 5.97 Å². The van der Waals surface area contributed by atoms with E-state index in [0.29, 0.717) is 0 Å². The van der Waals surface area contributed by atoms with Gasteiger partial charge in [0.2, 0.25) is 0 Å². The van der Waals surface area contributed by atoms with E-state index in [9.17, 15) is 9.90 Å². The predicted octanol–water partition coefficient (Wildman–Crippen LogP) is 1.95. The van der Waals surface area contributed by atoms with Gasteiger partial charge in [-0.1, -0.05) is 26.7 Å². The maximum absolute atomic E-state index is 11.2. The molecule has 106 valence electrons. The molecule has 0 bridgehead atoms. The van der Waals surface area contributed by atoms with Crippen LogP contribution in [0.4, 0.5) is 0 Å². The van der Waals surface area contributed by atoms with Crippen LogP contribution in [0.1, 0.15) is 46.0 Å². The van der Waals surface area contributed by atoms with Crippen LogP contribution in [0.15, 0.2) is 0 Å².